The fraction of sp³-hybridized carbons (Fsp3) is 0.846. The van der Waals surface area contributed by atoms with E-state index in [-0.39, 0.29) is 56.0 Å². The first-order valence-corrected chi connectivity index (χ1v) is 13.6. The minimum atomic E-state index is -1.16. The minimum absolute atomic E-state index is 0.0220. The summed E-state index contributed by atoms with van der Waals surface area (Å²) in [7, 11) is 0. The molecule has 1 heterocycles. The summed E-state index contributed by atoms with van der Waals surface area (Å²) in [6, 6.07) is 0. The van der Waals surface area contributed by atoms with Gasteiger partial charge in [0.2, 0.25) is 0 Å². The summed E-state index contributed by atoms with van der Waals surface area (Å²) in [5, 5.41) is -0.890. The molecule has 208 valence electrons. The molecule has 1 aliphatic heterocycles. The van der Waals surface area contributed by atoms with Crippen molar-refractivity contribution in [2.24, 2.45) is 23.7 Å². The van der Waals surface area contributed by atoms with Gasteiger partial charge in [-0.05, 0) is 23.7 Å². The van der Waals surface area contributed by atoms with E-state index in [0.717, 1.165) is 0 Å². The van der Waals surface area contributed by atoms with Crippen LogP contribution >= 0.6 is 15.9 Å². The zero-order valence-electron chi connectivity index (χ0n) is 22.8. The van der Waals surface area contributed by atoms with Crippen LogP contribution in [-0.4, -0.2) is 59.9 Å². The number of hydrogen-bond acceptors (Lipinski definition) is 9. The quantitative estimate of drug-likeness (QED) is 0.176. The average molecular weight is 580 g/mol. The number of carbonyl (C=O) groups excluding carboxylic acids is 4. The highest BCUT2D eigenvalue weighted by Gasteiger charge is 2.52. The van der Waals surface area contributed by atoms with Gasteiger partial charge in [-0.2, -0.15) is 0 Å². The van der Waals surface area contributed by atoms with Crippen LogP contribution in [0.1, 0.15) is 81.1 Å². The number of rotatable bonds is 13. The third-order valence-corrected chi connectivity index (χ3v) is 5.82. The second kappa shape index (κ2) is 15.5. The van der Waals surface area contributed by atoms with E-state index in [1.165, 1.54) is 0 Å². The molecular weight excluding hydrogens is 536 g/mol. The van der Waals surface area contributed by atoms with Crippen LogP contribution in [-0.2, 0) is 42.9 Å². The Morgan fingerprint density at radius 1 is 0.611 bits per heavy atom. The van der Waals surface area contributed by atoms with E-state index < -0.39 is 53.3 Å². The summed E-state index contributed by atoms with van der Waals surface area (Å²) >= 11 is 3.38. The van der Waals surface area contributed by atoms with Crippen LogP contribution < -0.4 is 0 Å². The number of hydrogen-bond donors (Lipinski definition) is 0. The predicted octanol–water partition coefficient (Wildman–Crippen LogP) is 4.57. The average Bonchev–Trinajstić information content (AvgIpc) is 2.69. The summed E-state index contributed by atoms with van der Waals surface area (Å²) in [6.07, 6.45) is -3.72. The fourth-order valence-electron chi connectivity index (χ4n) is 3.57. The largest absolute Gasteiger partial charge is 0.463 e. The van der Waals surface area contributed by atoms with Gasteiger partial charge in [0.05, 0.1) is 0 Å². The first-order valence-electron chi connectivity index (χ1n) is 12.7. The number of ether oxygens (including phenoxy) is 5. The predicted molar refractivity (Wildman–Crippen MR) is 136 cm³/mol. The van der Waals surface area contributed by atoms with E-state index in [2.05, 4.69) is 15.9 Å². The molecule has 1 fully saturated rings. The molecule has 0 aromatic carbocycles. The van der Waals surface area contributed by atoms with E-state index in [1.54, 1.807) is 0 Å². The maximum atomic E-state index is 12.7. The molecule has 1 aliphatic rings. The lowest BCUT2D eigenvalue weighted by Crippen LogP contribution is -2.61. The Kier molecular flexibility index (Phi) is 14.0. The summed E-state index contributed by atoms with van der Waals surface area (Å²) < 4.78 is 28.5. The van der Waals surface area contributed by atoms with Gasteiger partial charge in [-0.25, -0.2) is 0 Å². The Morgan fingerprint density at radius 3 is 1.39 bits per heavy atom. The molecule has 0 amide bonds. The topological polar surface area (TPSA) is 114 Å². The first kappa shape index (κ1) is 32.3. The summed E-state index contributed by atoms with van der Waals surface area (Å²) in [5.41, 5.74) is 0. The van der Waals surface area contributed by atoms with Crippen LogP contribution in [0.15, 0.2) is 0 Å². The van der Waals surface area contributed by atoms with Crippen molar-refractivity contribution in [1.82, 2.24) is 0 Å². The molecule has 9 nitrogen and oxygen atoms in total. The molecule has 36 heavy (non-hydrogen) atoms. The van der Waals surface area contributed by atoms with Gasteiger partial charge in [0.15, 0.2) is 23.3 Å². The third-order valence-electron chi connectivity index (χ3n) is 5.09. The zero-order valence-corrected chi connectivity index (χ0v) is 24.4. The molecule has 0 saturated carbocycles. The minimum Gasteiger partial charge on any atom is -0.463 e. The van der Waals surface area contributed by atoms with E-state index in [0.29, 0.717) is 0 Å². The van der Waals surface area contributed by atoms with Gasteiger partial charge in [-0.15, -0.1) is 0 Å². The smallest absolute Gasteiger partial charge is 0.306 e. The van der Waals surface area contributed by atoms with Crippen molar-refractivity contribution in [3.8, 4) is 0 Å². The van der Waals surface area contributed by atoms with Crippen molar-refractivity contribution < 1.29 is 42.9 Å². The molecule has 10 heteroatoms. The first-order chi connectivity index (χ1) is 16.7. The van der Waals surface area contributed by atoms with Crippen LogP contribution in [0, 0.1) is 23.7 Å². The van der Waals surface area contributed by atoms with Crippen molar-refractivity contribution >= 4 is 39.8 Å². The van der Waals surface area contributed by atoms with Gasteiger partial charge in [-0.1, -0.05) is 71.3 Å². The summed E-state index contributed by atoms with van der Waals surface area (Å²) in [6.45, 7) is 14.8. The highest BCUT2D eigenvalue weighted by Crippen LogP contribution is 2.33. The molecule has 1 rings (SSSR count). The molecule has 0 radical (unpaired) electrons. The van der Waals surface area contributed by atoms with Crippen molar-refractivity contribution in [2.45, 2.75) is 111 Å². The summed E-state index contributed by atoms with van der Waals surface area (Å²) in [4.78, 5) is 50.1. The van der Waals surface area contributed by atoms with Gasteiger partial charge in [-0.3, -0.25) is 19.2 Å². The lowest BCUT2D eigenvalue weighted by Gasteiger charge is -2.43. The molecule has 0 N–H and O–H groups in total. The number of esters is 4. The van der Waals surface area contributed by atoms with Crippen molar-refractivity contribution in [2.75, 3.05) is 6.61 Å². The molecule has 0 aromatic rings. The van der Waals surface area contributed by atoms with E-state index in [4.69, 9.17) is 23.7 Å². The highest BCUT2D eigenvalue weighted by atomic mass is 79.9. The standard InChI is InChI=1S/C26H43BrO9/c1-14(2)9-19(28)32-13-18-23(34-20(29)10-15(3)4)24(35-21(30)11-16(5)6)25(26(27)33-18)36-22(31)12-17(7)8/h14-18,23-26H,9-13H2,1-8H3. The second-order valence-electron chi connectivity index (χ2n) is 11.0. The van der Waals surface area contributed by atoms with Crippen LogP contribution in [0.3, 0.4) is 0 Å². The van der Waals surface area contributed by atoms with Gasteiger partial charge in [0.1, 0.15) is 12.7 Å². The number of alkyl halides is 1. The summed E-state index contributed by atoms with van der Waals surface area (Å²) in [5.74, 6) is -1.78. The van der Waals surface area contributed by atoms with Gasteiger partial charge >= 0.3 is 23.9 Å². The Hall–Kier alpha value is -1.68. The van der Waals surface area contributed by atoms with Crippen LogP contribution in [0.25, 0.3) is 0 Å². The van der Waals surface area contributed by atoms with Crippen molar-refractivity contribution in [3.05, 3.63) is 0 Å². The molecule has 5 atom stereocenters. The monoisotopic (exact) mass is 578 g/mol. The van der Waals surface area contributed by atoms with Crippen molar-refractivity contribution in [3.63, 3.8) is 0 Å². The highest BCUT2D eigenvalue weighted by molar-refractivity contribution is 9.09. The maximum Gasteiger partial charge on any atom is 0.306 e. The van der Waals surface area contributed by atoms with Gasteiger partial charge in [0, 0.05) is 25.7 Å². The van der Waals surface area contributed by atoms with E-state index in [9.17, 15) is 19.2 Å². The second-order valence-corrected chi connectivity index (χ2v) is 11.9. The molecule has 0 aromatic heterocycles. The molecule has 5 unspecified atom stereocenters. The third kappa shape index (κ3) is 12.0. The van der Waals surface area contributed by atoms with E-state index in [1.807, 2.05) is 55.4 Å². The molecule has 0 aliphatic carbocycles. The van der Waals surface area contributed by atoms with Crippen LogP contribution in [0.2, 0.25) is 0 Å². The van der Waals surface area contributed by atoms with Crippen molar-refractivity contribution in [1.29, 1.82) is 0 Å². The van der Waals surface area contributed by atoms with E-state index >= 15 is 0 Å². The number of carbonyl (C=O) groups is 4. The maximum absolute atomic E-state index is 12.7. The lowest BCUT2D eigenvalue weighted by molar-refractivity contribution is -0.239. The van der Waals surface area contributed by atoms with Crippen LogP contribution in [0.4, 0.5) is 0 Å². The Balaban J connectivity index is 3.28. The van der Waals surface area contributed by atoms with Gasteiger partial charge < -0.3 is 23.7 Å². The van der Waals surface area contributed by atoms with Crippen LogP contribution in [0.5, 0.6) is 0 Å². The molecule has 1 saturated heterocycles. The molecule has 0 spiro atoms. The fourth-order valence-corrected chi connectivity index (χ4v) is 4.25. The van der Waals surface area contributed by atoms with Gasteiger partial charge in [0.25, 0.3) is 0 Å². The molecular formula is C26H43BrO9. The molecule has 0 bridgehead atoms. The Labute approximate surface area is 223 Å². The zero-order chi connectivity index (χ0) is 27.6. The Bertz CT molecular complexity index is 735. The lowest BCUT2D eigenvalue weighted by atomic mass is 9.98. The Morgan fingerprint density at radius 2 is 0.972 bits per heavy atom. The SMILES string of the molecule is CC(C)CC(=O)OCC1OC(Br)C(OC(=O)CC(C)C)C(OC(=O)CC(C)C)C1OC(=O)CC(C)C. The normalized spacial score (nSPS) is 24.2. The number of halogens is 1.